The maximum absolute atomic E-state index is 6.27. The molecule has 0 spiro atoms. The second kappa shape index (κ2) is 5.89. The summed E-state index contributed by atoms with van der Waals surface area (Å²) in [5, 5.41) is 4.65. The minimum atomic E-state index is 0.351. The zero-order valence-corrected chi connectivity index (χ0v) is 11.8. The Morgan fingerprint density at radius 3 is 2.53 bits per heavy atom. The summed E-state index contributed by atoms with van der Waals surface area (Å²) in [7, 11) is 1.70. The molecule has 2 rings (SSSR count). The fourth-order valence-electron chi connectivity index (χ4n) is 2.27. The molecule has 0 aliphatic rings. The van der Waals surface area contributed by atoms with E-state index in [9.17, 15) is 0 Å². The van der Waals surface area contributed by atoms with Crippen LogP contribution in [0.15, 0.2) is 30.3 Å². The van der Waals surface area contributed by atoms with Gasteiger partial charge in [0.15, 0.2) is 0 Å². The highest BCUT2D eigenvalue weighted by Crippen LogP contribution is 2.28. The van der Waals surface area contributed by atoms with Gasteiger partial charge in [-0.2, -0.15) is 5.10 Å². The lowest BCUT2D eigenvalue weighted by atomic mass is 10.0. The Labute approximate surface area is 114 Å². The van der Waals surface area contributed by atoms with Crippen molar-refractivity contribution in [3.05, 3.63) is 41.6 Å². The summed E-state index contributed by atoms with van der Waals surface area (Å²) >= 11 is 0. The molecule has 0 saturated carbocycles. The molecule has 0 radical (unpaired) electrons. The summed E-state index contributed by atoms with van der Waals surface area (Å²) in [6, 6.07) is 9.97. The minimum Gasteiger partial charge on any atom is -0.384 e. The van der Waals surface area contributed by atoms with E-state index in [1.165, 1.54) is 0 Å². The third-order valence-corrected chi connectivity index (χ3v) is 3.16. The maximum atomic E-state index is 6.27. The Bertz CT molecular complexity index is 532. The number of hydrogen-bond acceptors (Lipinski definition) is 3. The van der Waals surface area contributed by atoms with E-state index < -0.39 is 0 Å². The highest BCUT2D eigenvalue weighted by Gasteiger charge is 2.18. The van der Waals surface area contributed by atoms with Crippen molar-refractivity contribution < 1.29 is 4.74 Å². The average molecular weight is 259 g/mol. The Kier molecular flexibility index (Phi) is 4.22. The molecule has 0 unspecified atom stereocenters. The predicted octanol–water partition coefficient (Wildman–Crippen LogP) is 2.77. The number of nitrogens with zero attached hydrogens (tertiary/aromatic N) is 2. The van der Waals surface area contributed by atoms with E-state index in [1.54, 1.807) is 7.11 Å². The molecule has 0 fully saturated rings. The van der Waals surface area contributed by atoms with Crippen molar-refractivity contribution >= 4 is 5.82 Å². The first kappa shape index (κ1) is 13.6. The predicted molar refractivity (Wildman–Crippen MR) is 77.6 cm³/mol. The van der Waals surface area contributed by atoms with Crippen LogP contribution in [0.2, 0.25) is 0 Å². The van der Waals surface area contributed by atoms with Crippen LogP contribution < -0.4 is 5.73 Å². The molecule has 0 amide bonds. The van der Waals surface area contributed by atoms with Crippen molar-refractivity contribution in [1.82, 2.24) is 9.78 Å². The van der Waals surface area contributed by atoms with E-state index in [2.05, 4.69) is 18.9 Å². The Morgan fingerprint density at radius 1 is 1.26 bits per heavy atom. The van der Waals surface area contributed by atoms with Gasteiger partial charge in [0.05, 0.1) is 18.0 Å². The zero-order valence-electron chi connectivity index (χ0n) is 11.8. The third-order valence-electron chi connectivity index (χ3n) is 3.16. The van der Waals surface area contributed by atoms with Crippen molar-refractivity contribution in [3.63, 3.8) is 0 Å². The van der Waals surface area contributed by atoms with E-state index in [0.717, 1.165) is 29.2 Å². The molecule has 0 aliphatic carbocycles. The molecular formula is C15H21N3O. The summed E-state index contributed by atoms with van der Waals surface area (Å²) in [4.78, 5) is 0. The third kappa shape index (κ3) is 2.79. The van der Waals surface area contributed by atoms with Gasteiger partial charge in [-0.15, -0.1) is 0 Å². The number of ether oxygens (including phenoxy) is 1. The number of nitrogen functional groups attached to an aromatic ring is 1. The number of methoxy groups -OCH3 is 1. The van der Waals surface area contributed by atoms with Crippen molar-refractivity contribution in [1.29, 1.82) is 0 Å². The van der Waals surface area contributed by atoms with Crippen LogP contribution in [-0.4, -0.2) is 23.5 Å². The molecule has 2 aromatic rings. The van der Waals surface area contributed by atoms with E-state index in [0.29, 0.717) is 12.5 Å². The molecule has 2 N–H and O–H groups in total. The molecule has 1 heterocycles. The normalized spacial score (nSPS) is 11.2. The number of nitrogens with two attached hydrogens (primary N) is 1. The van der Waals surface area contributed by atoms with Gasteiger partial charge >= 0.3 is 0 Å². The molecule has 19 heavy (non-hydrogen) atoms. The topological polar surface area (TPSA) is 53.1 Å². The van der Waals surface area contributed by atoms with Gasteiger partial charge in [0, 0.05) is 19.1 Å². The first-order valence-electron chi connectivity index (χ1n) is 6.56. The summed E-state index contributed by atoms with van der Waals surface area (Å²) < 4.78 is 6.97. The van der Waals surface area contributed by atoms with Crippen molar-refractivity contribution in [3.8, 4) is 5.69 Å². The largest absolute Gasteiger partial charge is 0.384 e. The molecule has 4 heteroatoms. The summed E-state index contributed by atoms with van der Waals surface area (Å²) in [5.74, 6) is 1.08. The molecule has 0 saturated heterocycles. The molecule has 1 aromatic heterocycles. The van der Waals surface area contributed by atoms with Crippen LogP contribution in [0.4, 0.5) is 5.82 Å². The molecule has 4 nitrogen and oxygen atoms in total. The summed E-state index contributed by atoms with van der Waals surface area (Å²) in [6.07, 6.45) is 0.786. The van der Waals surface area contributed by atoms with Crippen LogP contribution in [0.1, 0.15) is 31.0 Å². The lowest BCUT2D eigenvalue weighted by Gasteiger charge is -2.07. The Balaban J connectivity index is 2.46. The molecule has 0 atom stereocenters. The number of benzene rings is 1. The lowest BCUT2D eigenvalue weighted by Crippen LogP contribution is -2.03. The monoisotopic (exact) mass is 259 g/mol. The lowest BCUT2D eigenvalue weighted by molar-refractivity contribution is 0.201. The second-order valence-electron chi connectivity index (χ2n) is 4.89. The van der Waals surface area contributed by atoms with Gasteiger partial charge in [0.1, 0.15) is 5.82 Å². The smallest absolute Gasteiger partial charge is 0.130 e. The van der Waals surface area contributed by atoms with E-state index in [-0.39, 0.29) is 0 Å². The first-order valence-corrected chi connectivity index (χ1v) is 6.56. The van der Waals surface area contributed by atoms with Crippen LogP contribution in [0.25, 0.3) is 5.69 Å². The van der Waals surface area contributed by atoms with Crippen LogP contribution in [0.3, 0.4) is 0 Å². The Hall–Kier alpha value is -1.81. The molecule has 102 valence electrons. The van der Waals surface area contributed by atoms with Crippen LogP contribution in [0, 0.1) is 0 Å². The fourth-order valence-corrected chi connectivity index (χ4v) is 2.27. The second-order valence-corrected chi connectivity index (χ2v) is 4.89. The number of para-hydroxylation sites is 1. The standard InChI is InChI=1S/C15H21N3O/c1-11(2)14-13(9-10-19-3)17-18(15(14)16)12-7-5-4-6-8-12/h4-8,11H,9-10,16H2,1-3H3. The number of aromatic nitrogens is 2. The molecular weight excluding hydrogens is 238 g/mol. The van der Waals surface area contributed by atoms with Crippen molar-refractivity contribution in [2.75, 3.05) is 19.5 Å². The van der Waals surface area contributed by atoms with E-state index in [4.69, 9.17) is 10.5 Å². The van der Waals surface area contributed by atoms with Gasteiger partial charge < -0.3 is 10.5 Å². The minimum absolute atomic E-state index is 0.351. The highest BCUT2D eigenvalue weighted by atomic mass is 16.5. The van der Waals surface area contributed by atoms with E-state index >= 15 is 0 Å². The summed E-state index contributed by atoms with van der Waals surface area (Å²) in [5.41, 5.74) is 9.41. The molecule has 0 aliphatic heterocycles. The van der Waals surface area contributed by atoms with Crippen LogP contribution in [-0.2, 0) is 11.2 Å². The molecule has 0 bridgehead atoms. The summed E-state index contributed by atoms with van der Waals surface area (Å²) in [6.45, 7) is 4.93. The zero-order chi connectivity index (χ0) is 13.8. The first-order chi connectivity index (χ1) is 9.15. The van der Waals surface area contributed by atoms with Gasteiger partial charge in [-0.05, 0) is 18.1 Å². The maximum Gasteiger partial charge on any atom is 0.130 e. The fraction of sp³-hybridized carbons (Fsp3) is 0.400. The van der Waals surface area contributed by atoms with Gasteiger partial charge in [-0.25, -0.2) is 4.68 Å². The van der Waals surface area contributed by atoms with Gasteiger partial charge in [-0.1, -0.05) is 32.0 Å². The van der Waals surface area contributed by atoms with E-state index in [1.807, 2.05) is 35.0 Å². The Morgan fingerprint density at radius 2 is 1.95 bits per heavy atom. The molecule has 1 aromatic carbocycles. The number of anilines is 1. The van der Waals surface area contributed by atoms with Crippen LogP contribution in [0.5, 0.6) is 0 Å². The van der Waals surface area contributed by atoms with Crippen molar-refractivity contribution in [2.24, 2.45) is 0 Å². The average Bonchev–Trinajstić information content (AvgIpc) is 2.74. The quantitative estimate of drug-likeness (QED) is 0.898. The van der Waals surface area contributed by atoms with Gasteiger partial charge in [-0.3, -0.25) is 0 Å². The highest BCUT2D eigenvalue weighted by molar-refractivity contribution is 5.51. The SMILES string of the molecule is COCCc1nn(-c2ccccc2)c(N)c1C(C)C. The van der Waals surface area contributed by atoms with Crippen LogP contribution >= 0.6 is 0 Å². The number of hydrogen-bond donors (Lipinski definition) is 1. The van der Waals surface area contributed by atoms with Gasteiger partial charge in [0.25, 0.3) is 0 Å². The van der Waals surface area contributed by atoms with Crippen molar-refractivity contribution in [2.45, 2.75) is 26.2 Å². The van der Waals surface area contributed by atoms with Gasteiger partial charge in [0.2, 0.25) is 0 Å². The number of rotatable bonds is 5.